The summed E-state index contributed by atoms with van der Waals surface area (Å²) in [6.07, 6.45) is 4.54. The Morgan fingerprint density at radius 2 is 0.431 bits per heavy atom. The monoisotopic (exact) mass is 991 g/mol. The quantitative estimate of drug-likeness (QED) is 0.143. The van der Waals surface area contributed by atoms with E-state index in [0.29, 0.717) is 0 Å². The molecule has 0 bridgehead atoms. The zero-order valence-electron chi connectivity index (χ0n) is 48.7. The Balaban J connectivity index is -0.000000249. The molecule has 0 spiro atoms. The molecule has 394 valence electrons. The van der Waals surface area contributed by atoms with Crippen LogP contribution in [0.15, 0.2) is 252 Å². The van der Waals surface area contributed by atoms with E-state index in [2.05, 4.69) is 184 Å². The van der Waals surface area contributed by atoms with E-state index in [9.17, 15) is 0 Å². The minimum atomic E-state index is 0.869. The second kappa shape index (κ2) is 64.9. The van der Waals surface area contributed by atoms with Gasteiger partial charge >= 0.3 is 0 Å². The van der Waals surface area contributed by atoms with E-state index in [1.807, 2.05) is 184 Å². The average molecular weight is 992 g/mol. The molecule has 0 saturated carbocycles. The van der Waals surface area contributed by atoms with Gasteiger partial charge in [0.15, 0.2) is 0 Å². The van der Waals surface area contributed by atoms with Crippen molar-refractivity contribution in [2.75, 3.05) is 0 Å². The van der Waals surface area contributed by atoms with E-state index >= 15 is 0 Å². The van der Waals surface area contributed by atoms with Gasteiger partial charge in [-0.15, -0.1) is 0 Å². The number of ether oxygens (including phenoxy) is 1. The largest absolute Gasteiger partial charge is 0.457 e. The highest BCUT2D eigenvalue weighted by Gasteiger charge is 1.96. The third kappa shape index (κ3) is 45.1. The molecule has 0 heterocycles. The normalized spacial score (nSPS) is 8.14. The molecule has 0 unspecified atom stereocenters. The zero-order chi connectivity index (χ0) is 55.1. The molecule has 0 aliphatic rings. The fraction of sp³-hybridized carbons (Fsp3) is 0.314. The highest BCUT2D eigenvalue weighted by molar-refractivity contribution is 7.99. The molecule has 0 N–H and O–H groups in total. The van der Waals surface area contributed by atoms with E-state index in [1.165, 1.54) is 38.5 Å². The molecule has 0 radical (unpaired) electrons. The molecule has 2 heteroatoms. The van der Waals surface area contributed by atoms with Crippen molar-refractivity contribution >= 4 is 11.8 Å². The van der Waals surface area contributed by atoms with E-state index in [4.69, 9.17) is 4.74 Å². The number of hydrogen-bond donors (Lipinski definition) is 0. The number of rotatable bonds is 9. The Kier molecular flexibility index (Phi) is 67.5. The smallest absolute Gasteiger partial charge is 0.127 e. The fourth-order valence-electron chi connectivity index (χ4n) is 5.23. The van der Waals surface area contributed by atoms with Crippen LogP contribution in [0, 0.1) is 0 Å². The Hall–Kier alpha value is -6.09. The first-order valence-corrected chi connectivity index (χ1v) is 28.2. The molecule has 72 heavy (non-hydrogen) atoms. The molecule has 8 rings (SSSR count). The van der Waals surface area contributed by atoms with Crippen LogP contribution in [0.5, 0.6) is 11.5 Å². The maximum Gasteiger partial charge on any atom is 0.127 e. The molecule has 0 amide bonds. The Bertz CT molecular complexity index is 1720. The van der Waals surface area contributed by atoms with Crippen molar-refractivity contribution in [3.8, 4) is 11.5 Å². The van der Waals surface area contributed by atoms with Crippen LogP contribution >= 0.6 is 11.8 Å². The predicted octanol–water partition coefficient (Wildman–Crippen LogP) is 23.7. The molecular formula is C70H102OS. The molecule has 0 aromatic heterocycles. The summed E-state index contributed by atoms with van der Waals surface area (Å²) in [5.74, 6) is 1.74. The molecule has 0 fully saturated rings. The molecule has 0 saturated heterocycles. The third-order valence-corrected chi connectivity index (χ3v) is 8.94. The van der Waals surface area contributed by atoms with Gasteiger partial charge in [-0.2, -0.15) is 0 Å². The van der Waals surface area contributed by atoms with Gasteiger partial charge in [-0.05, 0) is 90.0 Å². The number of aryl methyl sites for hydroxylation is 2. The van der Waals surface area contributed by atoms with Gasteiger partial charge in [-0.1, -0.05) is 337 Å². The fourth-order valence-corrected chi connectivity index (χ4v) is 6.09. The maximum absolute atomic E-state index is 5.58. The molecule has 0 aliphatic carbocycles. The Morgan fingerprint density at radius 3 is 0.653 bits per heavy atom. The van der Waals surface area contributed by atoms with Gasteiger partial charge in [0.2, 0.25) is 0 Å². The first-order chi connectivity index (χ1) is 35.7. The van der Waals surface area contributed by atoms with Gasteiger partial charge in [0, 0.05) is 9.79 Å². The second-order valence-corrected chi connectivity index (χ2v) is 13.9. The highest BCUT2D eigenvalue weighted by atomic mass is 32.2. The summed E-state index contributed by atoms with van der Waals surface area (Å²) in [6, 6.07) is 82.6. The molecule has 8 aromatic rings. The van der Waals surface area contributed by atoms with Crippen LogP contribution in [0.3, 0.4) is 0 Å². The van der Waals surface area contributed by atoms with Gasteiger partial charge in [0.05, 0.1) is 0 Å². The highest BCUT2D eigenvalue weighted by Crippen LogP contribution is 2.26. The standard InChI is InChI=1S/C14H14.C13H12.C12H10O.C12H10S.C3H8.8C2H6/c1-3-7-13(8-4-1)11-12-14-9-5-2-6-10-14;1-3-7-12(8-4-1)11-13-9-5-2-6-10-13;2*1-3-7-11(8-4-1)13-12-9-5-2-6-10-12;1-3-2;8*1-2/h1-10H,11-12H2;1-10H,11H2;2*1-10H;3H2,1-2H3;8*1-2H3. The topological polar surface area (TPSA) is 9.23 Å². The lowest BCUT2D eigenvalue weighted by Crippen LogP contribution is -1.89. The van der Waals surface area contributed by atoms with Crippen molar-refractivity contribution in [2.45, 2.75) is 160 Å². The second-order valence-electron chi connectivity index (χ2n) is 12.8. The van der Waals surface area contributed by atoms with E-state index < -0.39 is 0 Å². The van der Waals surface area contributed by atoms with Crippen molar-refractivity contribution in [1.29, 1.82) is 0 Å². The van der Waals surface area contributed by atoms with Crippen molar-refractivity contribution < 1.29 is 4.74 Å². The number of benzene rings is 8. The van der Waals surface area contributed by atoms with Crippen LogP contribution in [-0.4, -0.2) is 0 Å². The van der Waals surface area contributed by atoms with Crippen LogP contribution in [-0.2, 0) is 19.3 Å². The molecule has 0 atom stereocenters. The van der Waals surface area contributed by atoms with Gasteiger partial charge in [-0.3, -0.25) is 0 Å². The molecule has 8 aromatic carbocycles. The lowest BCUT2D eigenvalue weighted by Gasteiger charge is -2.03. The maximum atomic E-state index is 5.58. The van der Waals surface area contributed by atoms with E-state index in [0.717, 1.165) is 30.8 Å². The Morgan fingerprint density at radius 1 is 0.250 bits per heavy atom. The zero-order valence-corrected chi connectivity index (χ0v) is 49.6. The van der Waals surface area contributed by atoms with Gasteiger partial charge in [0.25, 0.3) is 0 Å². The minimum Gasteiger partial charge on any atom is -0.457 e. The lowest BCUT2D eigenvalue weighted by molar-refractivity contribution is 0.482. The van der Waals surface area contributed by atoms with Crippen LogP contribution in [0.2, 0.25) is 0 Å². The van der Waals surface area contributed by atoms with Gasteiger partial charge in [-0.25, -0.2) is 0 Å². The first-order valence-electron chi connectivity index (χ1n) is 27.4. The summed E-state index contributed by atoms with van der Waals surface area (Å²) >= 11 is 1.79. The van der Waals surface area contributed by atoms with Crippen LogP contribution in [0.25, 0.3) is 0 Å². The summed E-state index contributed by atoms with van der Waals surface area (Å²) in [5.41, 5.74) is 5.56. The summed E-state index contributed by atoms with van der Waals surface area (Å²) < 4.78 is 5.58. The first kappa shape index (κ1) is 74.9. The van der Waals surface area contributed by atoms with Crippen molar-refractivity contribution in [1.82, 2.24) is 0 Å². The summed E-state index contributed by atoms with van der Waals surface area (Å²) in [7, 11) is 0. The number of hydrogen-bond acceptors (Lipinski definition) is 2. The SMILES string of the molecule is CC.CC.CC.CC.CC.CC.CC.CC.CCC.c1ccc(CCc2ccccc2)cc1.c1ccc(Cc2ccccc2)cc1.c1ccc(Oc2ccccc2)cc1.c1ccc(Sc2ccccc2)cc1. The summed E-state index contributed by atoms with van der Waals surface area (Å²) in [5, 5.41) is 0. The summed E-state index contributed by atoms with van der Waals surface area (Å²) in [4.78, 5) is 2.57. The Labute approximate surface area is 450 Å². The molecule has 1 nitrogen and oxygen atoms in total. The number of para-hydroxylation sites is 2. The van der Waals surface area contributed by atoms with E-state index in [-0.39, 0.29) is 0 Å². The van der Waals surface area contributed by atoms with Crippen LogP contribution < -0.4 is 4.74 Å². The summed E-state index contributed by atoms with van der Waals surface area (Å²) in [6.45, 7) is 36.2. The van der Waals surface area contributed by atoms with Crippen molar-refractivity contribution in [2.24, 2.45) is 0 Å². The predicted molar refractivity (Wildman–Crippen MR) is 333 cm³/mol. The minimum absolute atomic E-state index is 0.869. The molecular weight excluding hydrogens is 889 g/mol. The third-order valence-electron chi connectivity index (χ3n) is 7.93. The lowest BCUT2D eigenvalue weighted by atomic mass is 10.0. The van der Waals surface area contributed by atoms with Crippen molar-refractivity contribution in [3.05, 3.63) is 265 Å². The van der Waals surface area contributed by atoms with Crippen LogP contribution in [0.4, 0.5) is 0 Å². The van der Waals surface area contributed by atoms with Gasteiger partial charge < -0.3 is 4.74 Å². The molecule has 0 aliphatic heterocycles. The van der Waals surface area contributed by atoms with E-state index in [1.54, 1.807) is 11.8 Å². The van der Waals surface area contributed by atoms with Gasteiger partial charge in [0.1, 0.15) is 11.5 Å². The average Bonchev–Trinajstić information content (AvgIpc) is 3.50. The van der Waals surface area contributed by atoms with Crippen LogP contribution in [0.1, 0.15) is 153 Å². The van der Waals surface area contributed by atoms with Crippen molar-refractivity contribution in [3.63, 3.8) is 0 Å².